The third kappa shape index (κ3) is 3.35. The normalized spacial score (nSPS) is 17.9. The van der Waals surface area contributed by atoms with Crippen LogP contribution >= 0.6 is 0 Å². The molecule has 0 bridgehead atoms. The van der Waals surface area contributed by atoms with Crippen LogP contribution in [0.3, 0.4) is 0 Å². The number of hydrogen-bond acceptors (Lipinski definition) is 6. The summed E-state index contributed by atoms with van der Waals surface area (Å²) in [6.45, 7) is 0. The number of fused-ring (bicyclic) bond motifs is 2. The van der Waals surface area contributed by atoms with E-state index in [0.29, 0.717) is 41.1 Å². The van der Waals surface area contributed by atoms with Gasteiger partial charge in [-0.1, -0.05) is 24.3 Å². The third-order valence-corrected chi connectivity index (χ3v) is 6.07. The molecular weight excluding hydrogens is 421 g/mol. The number of imidazole rings is 1. The van der Waals surface area contributed by atoms with E-state index in [2.05, 4.69) is 15.0 Å². The standard InChI is InChI=1S/C25H20FN5O2/c26-22-18(8-6-14-7-9-21(30-23(14)22)33-17-4-2-1-3-5-17)19-13-31-20(24(27)29-19)12-28-25(31)15-10-16(32)11-15/h1-9,12-13,15-16,32H,10-11H2,(H2,27,29). The molecule has 1 aliphatic rings. The highest BCUT2D eigenvalue weighted by Crippen LogP contribution is 2.37. The molecule has 3 heterocycles. The zero-order valence-corrected chi connectivity index (χ0v) is 17.5. The zero-order valence-electron chi connectivity index (χ0n) is 17.5. The number of pyridine rings is 1. The molecule has 6 rings (SSSR count). The highest BCUT2D eigenvalue weighted by molar-refractivity contribution is 5.85. The summed E-state index contributed by atoms with van der Waals surface area (Å²) in [5, 5.41) is 10.3. The van der Waals surface area contributed by atoms with Crippen molar-refractivity contribution in [2.45, 2.75) is 24.9 Å². The van der Waals surface area contributed by atoms with Gasteiger partial charge in [0.05, 0.1) is 18.0 Å². The first-order chi connectivity index (χ1) is 16.1. The van der Waals surface area contributed by atoms with Gasteiger partial charge in [0.1, 0.15) is 28.4 Å². The van der Waals surface area contributed by atoms with Crippen LogP contribution in [0.2, 0.25) is 0 Å². The monoisotopic (exact) mass is 441 g/mol. The highest BCUT2D eigenvalue weighted by atomic mass is 19.1. The van der Waals surface area contributed by atoms with Gasteiger partial charge in [-0.05, 0) is 37.1 Å². The van der Waals surface area contributed by atoms with Gasteiger partial charge in [0.15, 0.2) is 5.82 Å². The number of nitrogen functional groups attached to an aromatic ring is 1. The minimum Gasteiger partial charge on any atom is -0.439 e. The first-order valence-corrected chi connectivity index (χ1v) is 10.7. The topological polar surface area (TPSA) is 98.6 Å². The second-order valence-corrected chi connectivity index (χ2v) is 8.27. The third-order valence-electron chi connectivity index (χ3n) is 6.07. The Kier molecular flexibility index (Phi) is 4.48. The Hall–Kier alpha value is -4.04. The molecule has 1 saturated carbocycles. The van der Waals surface area contributed by atoms with E-state index < -0.39 is 5.82 Å². The largest absolute Gasteiger partial charge is 0.439 e. The minimum atomic E-state index is -0.502. The van der Waals surface area contributed by atoms with E-state index in [1.807, 2.05) is 34.7 Å². The van der Waals surface area contributed by atoms with Crippen LogP contribution in [-0.2, 0) is 0 Å². The maximum atomic E-state index is 15.7. The Morgan fingerprint density at radius 2 is 1.82 bits per heavy atom. The number of aliphatic hydroxyl groups excluding tert-OH is 1. The Bertz CT molecular complexity index is 1500. The number of nitrogens with zero attached hydrogens (tertiary/aromatic N) is 4. The van der Waals surface area contributed by atoms with Gasteiger partial charge >= 0.3 is 0 Å². The summed E-state index contributed by atoms with van der Waals surface area (Å²) in [4.78, 5) is 13.3. The lowest BCUT2D eigenvalue weighted by molar-refractivity contribution is 0.0715. The van der Waals surface area contributed by atoms with Crippen LogP contribution in [0.15, 0.2) is 67.0 Å². The Labute approximate surface area is 188 Å². The van der Waals surface area contributed by atoms with Gasteiger partial charge in [0.2, 0.25) is 5.88 Å². The Morgan fingerprint density at radius 1 is 1.03 bits per heavy atom. The summed E-state index contributed by atoms with van der Waals surface area (Å²) >= 11 is 0. The zero-order chi connectivity index (χ0) is 22.5. The highest BCUT2D eigenvalue weighted by Gasteiger charge is 2.32. The van der Waals surface area contributed by atoms with E-state index in [-0.39, 0.29) is 28.9 Å². The first-order valence-electron chi connectivity index (χ1n) is 10.7. The molecule has 1 fully saturated rings. The van der Waals surface area contributed by atoms with E-state index >= 15 is 4.39 Å². The molecule has 8 heteroatoms. The second kappa shape index (κ2) is 7.53. The quantitative estimate of drug-likeness (QED) is 0.420. The van der Waals surface area contributed by atoms with Crippen molar-refractivity contribution in [1.82, 2.24) is 19.4 Å². The molecule has 0 amide bonds. The summed E-state index contributed by atoms with van der Waals surface area (Å²) in [5.74, 6) is 1.61. The van der Waals surface area contributed by atoms with Crippen molar-refractivity contribution in [3.05, 3.63) is 78.6 Å². The fraction of sp³-hybridized carbons (Fsp3) is 0.160. The molecule has 0 saturated heterocycles. The van der Waals surface area contributed by atoms with Crippen molar-refractivity contribution >= 4 is 22.2 Å². The molecule has 33 heavy (non-hydrogen) atoms. The number of aromatic nitrogens is 4. The van der Waals surface area contributed by atoms with Crippen LogP contribution in [0.25, 0.3) is 27.7 Å². The van der Waals surface area contributed by atoms with E-state index in [0.717, 1.165) is 5.82 Å². The average Bonchev–Trinajstić information content (AvgIpc) is 3.22. The predicted molar refractivity (Wildman–Crippen MR) is 123 cm³/mol. The molecule has 0 unspecified atom stereocenters. The molecule has 164 valence electrons. The lowest BCUT2D eigenvalue weighted by Gasteiger charge is -2.30. The molecule has 7 nitrogen and oxygen atoms in total. The van der Waals surface area contributed by atoms with Crippen molar-refractivity contribution in [3.8, 4) is 22.9 Å². The summed E-state index contributed by atoms with van der Waals surface area (Å²) < 4.78 is 23.3. The second-order valence-electron chi connectivity index (χ2n) is 8.27. The smallest absolute Gasteiger partial charge is 0.219 e. The minimum absolute atomic E-state index is 0.137. The number of ether oxygens (including phenoxy) is 1. The fourth-order valence-electron chi connectivity index (χ4n) is 4.27. The molecule has 1 aliphatic carbocycles. The molecular formula is C25H20FN5O2. The van der Waals surface area contributed by atoms with E-state index in [1.165, 1.54) is 0 Å². The van der Waals surface area contributed by atoms with Crippen molar-refractivity contribution in [3.63, 3.8) is 0 Å². The van der Waals surface area contributed by atoms with Crippen LogP contribution in [-0.4, -0.2) is 30.6 Å². The maximum absolute atomic E-state index is 15.7. The van der Waals surface area contributed by atoms with Gasteiger partial charge < -0.3 is 15.6 Å². The van der Waals surface area contributed by atoms with Crippen molar-refractivity contribution < 1.29 is 14.2 Å². The number of nitrogens with two attached hydrogens (primary N) is 1. The summed E-state index contributed by atoms with van der Waals surface area (Å²) in [7, 11) is 0. The molecule has 0 spiro atoms. The number of rotatable bonds is 4. The maximum Gasteiger partial charge on any atom is 0.219 e. The average molecular weight is 441 g/mol. The predicted octanol–water partition coefficient (Wildman–Crippen LogP) is 4.70. The number of anilines is 1. The van der Waals surface area contributed by atoms with Gasteiger partial charge in [-0.2, -0.15) is 0 Å². The van der Waals surface area contributed by atoms with Crippen LogP contribution in [0.1, 0.15) is 24.6 Å². The van der Waals surface area contributed by atoms with E-state index in [9.17, 15) is 5.11 Å². The molecule has 0 radical (unpaired) electrons. The molecule has 3 aromatic heterocycles. The first kappa shape index (κ1) is 19.6. The number of halogens is 1. The van der Waals surface area contributed by atoms with Gasteiger partial charge in [0.25, 0.3) is 0 Å². The molecule has 2 aromatic carbocycles. The van der Waals surface area contributed by atoms with Crippen molar-refractivity contribution in [2.24, 2.45) is 0 Å². The summed E-state index contributed by atoms with van der Waals surface area (Å²) in [6.07, 6.45) is 4.40. The molecule has 5 aromatic rings. The number of benzene rings is 2. The number of para-hydroxylation sites is 1. The van der Waals surface area contributed by atoms with E-state index in [4.69, 9.17) is 10.5 Å². The Morgan fingerprint density at radius 3 is 2.61 bits per heavy atom. The summed E-state index contributed by atoms with van der Waals surface area (Å²) in [6, 6.07) is 16.2. The van der Waals surface area contributed by atoms with Gasteiger partial charge in [-0.3, -0.25) is 4.40 Å². The Balaban J connectivity index is 1.44. The van der Waals surface area contributed by atoms with Gasteiger partial charge in [-0.25, -0.2) is 19.3 Å². The van der Waals surface area contributed by atoms with Crippen LogP contribution in [0.4, 0.5) is 10.2 Å². The molecule has 0 aliphatic heterocycles. The van der Waals surface area contributed by atoms with Crippen LogP contribution < -0.4 is 10.5 Å². The van der Waals surface area contributed by atoms with Crippen LogP contribution in [0.5, 0.6) is 11.6 Å². The number of hydrogen-bond donors (Lipinski definition) is 2. The van der Waals surface area contributed by atoms with Gasteiger partial charge in [-0.15, -0.1) is 0 Å². The van der Waals surface area contributed by atoms with Crippen molar-refractivity contribution in [1.29, 1.82) is 0 Å². The fourth-order valence-corrected chi connectivity index (χ4v) is 4.27. The SMILES string of the molecule is Nc1nc(-c2ccc3ccc(Oc4ccccc4)nc3c2F)cn2c(C3CC(O)C3)ncc12. The van der Waals surface area contributed by atoms with Crippen LogP contribution in [0, 0.1) is 5.82 Å². The summed E-state index contributed by atoms with van der Waals surface area (Å²) in [5.41, 5.74) is 7.71. The van der Waals surface area contributed by atoms with E-state index in [1.54, 1.807) is 36.7 Å². The lowest BCUT2D eigenvalue weighted by atomic mass is 9.82. The lowest BCUT2D eigenvalue weighted by Crippen LogP contribution is -2.28. The molecule has 0 atom stereocenters. The van der Waals surface area contributed by atoms with Gasteiger partial charge in [0, 0.05) is 29.1 Å². The number of aliphatic hydroxyl groups is 1. The van der Waals surface area contributed by atoms with Crippen molar-refractivity contribution in [2.75, 3.05) is 5.73 Å². The molecule has 3 N–H and O–H groups in total.